The van der Waals surface area contributed by atoms with Crippen LogP contribution in [0.15, 0.2) is 182 Å². The van der Waals surface area contributed by atoms with E-state index in [2.05, 4.69) is 106 Å². The maximum absolute atomic E-state index is 8.92. The molecule has 0 radical (unpaired) electrons. The van der Waals surface area contributed by atoms with E-state index < -0.39 is 60.4 Å². The number of rotatable bonds is 3. The van der Waals surface area contributed by atoms with Gasteiger partial charge in [0.1, 0.15) is 0 Å². The molecule has 0 bridgehead atoms. The van der Waals surface area contributed by atoms with Crippen LogP contribution in [0.2, 0.25) is 0 Å². The molecule has 57 heavy (non-hydrogen) atoms. The summed E-state index contributed by atoms with van der Waals surface area (Å²) in [6.45, 7) is 0. The van der Waals surface area contributed by atoms with Gasteiger partial charge in [-0.05, 0) is 94.0 Å². The molecule has 5 aromatic heterocycles. The molecule has 14 aromatic rings. The maximum atomic E-state index is 8.92. The van der Waals surface area contributed by atoms with Crippen molar-refractivity contribution < 1.29 is 13.7 Å². The molecule has 0 fully saturated rings. The first-order valence-electron chi connectivity index (χ1n) is 23.9. The summed E-state index contributed by atoms with van der Waals surface area (Å²) in [5, 5.41) is 11.5. The van der Waals surface area contributed by atoms with E-state index in [1.54, 1.807) is 29.5 Å². The summed E-state index contributed by atoms with van der Waals surface area (Å²) >= 11 is 1.76. The van der Waals surface area contributed by atoms with Gasteiger partial charge in [0.2, 0.25) is 0 Å². The van der Waals surface area contributed by atoms with E-state index in [4.69, 9.17) is 13.7 Å². The number of fused-ring (bicyclic) bond motifs is 16. The molecule has 9 aromatic carbocycles. The molecule has 0 saturated carbocycles. The largest absolute Gasteiger partial charge is 0.308 e. The predicted molar refractivity (Wildman–Crippen MR) is 245 cm³/mol. The standard InChI is InChI=1S/C54H30N2S/c1-3-12-31(13-4-1)34-24-35(32-14-5-2-6-15-32)26-36(25-34)33-22-23-47-45(27-33)51-53-43(28-44-38-17-8-10-21-50(38)57-54(44)51)42-30-48-41(29-49(42)56(47)53)40-19-11-18-39-37-16-7-9-20-46(37)55(48)52(39)40/h1-30H/i1D,2D,3D,4D,5D,6D,12D,13D,14D,15D. The van der Waals surface area contributed by atoms with Gasteiger partial charge in [0.05, 0.1) is 46.8 Å². The van der Waals surface area contributed by atoms with Crippen LogP contribution in [0.3, 0.4) is 0 Å². The Balaban J connectivity index is 1.11. The smallest absolute Gasteiger partial charge is 0.0635 e. The van der Waals surface area contributed by atoms with Crippen molar-refractivity contribution in [3.63, 3.8) is 0 Å². The quantitative estimate of drug-likeness (QED) is 0.170. The second-order valence-electron chi connectivity index (χ2n) is 14.9. The molecule has 262 valence electrons. The van der Waals surface area contributed by atoms with Crippen LogP contribution in [0.4, 0.5) is 0 Å². The van der Waals surface area contributed by atoms with Crippen molar-refractivity contribution in [3.05, 3.63) is 182 Å². The molecule has 0 unspecified atom stereocenters. The lowest BCUT2D eigenvalue weighted by molar-refractivity contribution is 1.36. The van der Waals surface area contributed by atoms with E-state index in [1.807, 2.05) is 6.07 Å². The van der Waals surface area contributed by atoms with Crippen LogP contribution in [0.5, 0.6) is 0 Å². The first kappa shape index (κ1) is 22.4. The number of aromatic nitrogens is 2. The molecule has 14 rings (SSSR count). The Morgan fingerprint density at radius 3 is 1.67 bits per heavy atom. The zero-order valence-corrected chi connectivity index (χ0v) is 30.7. The van der Waals surface area contributed by atoms with E-state index in [0.717, 1.165) is 59.3 Å². The van der Waals surface area contributed by atoms with E-state index in [-0.39, 0.29) is 22.3 Å². The molecule has 0 spiro atoms. The number of hydrogen-bond donors (Lipinski definition) is 0. The molecule has 0 aliphatic heterocycles. The topological polar surface area (TPSA) is 8.82 Å². The van der Waals surface area contributed by atoms with Gasteiger partial charge in [0.25, 0.3) is 0 Å². The Kier molecular flexibility index (Phi) is 4.22. The number of thiophene rings is 1. The number of para-hydroxylation sites is 2. The van der Waals surface area contributed by atoms with Gasteiger partial charge < -0.3 is 8.80 Å². The average molecular weight is 749 g/mol. The van der Waals surface area contributed by atoms with Crippen LogP contribution < -0.4 is 0 Å². The minimum atomic E-state index is -0.526. The molecule has 0 atom stereocenters. The van der Waals surface area contributed by atoms with Crippen molar-refractivity contribution in [2.75, 3.05) is 0 Å². The zero-order valence-electron chi connectivity index (χ0n) is 39.8. The summed E-state index contributed by atoms with van der Waals surface area (Å²) in [6.07, 6.45) is 0. The van der Waals surface area contributed by atoms with Gasteiger partial charge in [-0.3, -0.25) is 0 Å². The monoisotopic (exact) mass is 748 g/mol. The number of nitrogens with zero attached hydrogens (tertiary/aromatic N) is 2. The number of benzene rings is 9. The SMILES string of the molecule is [2H]c1c([2H])c([2H])c(-c2cc(-c3ccc4c(c3)c3c5sc6ccccc6c5cc5c6cc7c(cc6n4c53)c3cccc4c5ccccc5n7c43)cc(-c3c([2H])c([2H])c([2H])c([2H])c3[2H])c2)c([2H])c1[2H]. The van der Waals surface area contributed by atoms with Crippen molar-refractivity contribution in [2.45, 2.75) is 0 Å². The zero-order chi connectivity index (χ0) is 45.6. The van der Waals surface area contributed by atoms with Crippen molar-refractivity contribution >= 4 is 108 Å². The van der Waals surface area contributed by atoms with Crippen molar-refractivity contribution in [1.29, 1.82) is 0 Å². The van der Waals surface area contributed by atoms with Crippen LogP contribution in [-0.2, 0) is 0 Å². The van der Waals surface area contributed by atoms with Crippen LogP contribution in [0.1, 0.15) is 13.7 Å². The molecule has 5 heterocycles. The highest BCUT2D eigenvalue weighted by atomic mass is 32.1. The van der Waals surface area contributed by atoms with Gasteiger partial charge in [0.15, 0.2) is 0 Å². The molecule has 3 heteroatoms. The maximum Gasteiger partial charge on any atom is 0.0635 e. The molecule has 0 amide bonds. The van der Waals surface area contributed by atoms with Gasteiger partial charge in [-0.1, -0.05) is 121 Å². The van der Waals surface area contributed by atoms with Gasteiger partial charge >= 0.3 is 0 Å². The Labute approximate surface area is 344 Å². The van der Waals surface area contributed by atoms with E-state index in [1.165, 1.54) is 42.7 Å². The lowest BCUT2D eigenvalue weighted by atomic mass is 9.92. The van der Waals surface area contributed by atoms with Gasteiger partial charge in [0, 0.05) is 63.3 Å². The summed E-state index contributed by atoms with van der Waals surface area (Å²) in [4.78, 5) is 0. The molecule has 0 N–H and O–H groups in total. The van der Waals surface area contributed by atoms with Crippen LogP contribution in [0.25, 0.3) is 130 Å². The summed E-state index contributed by atoms with van der Waals surface area (Å²) < 4.78 is 93.4. The molecular weight excluding hydrogens is 709 g/mol. The Bertz CT molecular complexity index is 4440. The third kappa shape index (κ3) is 3.89. The lowest BCUT2D eigenvalue weighted by Crippen LogP contribution is -1.87. The molecule has 0 aliphatic rings. The Morgan fingerprint density at radius 2 is 0.930 bits per heavy atom. The predicted octanol–water partition coefficient (Wildman–Crippen LogP) is 15.4. The molecule has 0 saturated heterocycles. The highest BCUT2D eigenvalue weighted by Gasteiger charge is 2.25. The average Bonchev–Trinajstić information content (AvgIpc) is 4.14. The third-order valence-corrected chi connectivity index (χ3v) is 13.3. The van der Waals surface area contributed by atoms with Crippen LogP contribution >= 0.6 is 11.3 Å². The van der Waals surface area contributed by atoms with Crippen LogP contribution in [-0.4, -0.2) is 8.80 Å². The fourth-order valence-electron chi connectivity index (χ4n) is 9.75. The Morgan fingerprint density at radius 1 is 0.351 bits per heavy atom. The second-order valence-corrected chi connectivity index (χ2v) is 16.0. The third-order valence-electron chi connectivity index (χ3n) is 12.1. The summed E-state index contributed by atoms with van der Waals surface area (Å²) in [6, 6.07) is 37.4. The van der Waals surface area contributed by atoms with Crippen molar-refractivity contribution in [1.82, 2.24) is 8.80 Å². The summed E-state index contributed by atoms with van der Waals surface area (Å²) in [5.74, 6) is 0. The lowest BCUT2D eigenvalue weighted by Gasteiger charge is -2.12. The Hall–Kier alpha value is -7.20. The number of hydrogen-bond acceptors (Lipinski definition) is 1. The first-order chi connectivity index (χ1) is 32.4. The fraction of sp³-hybridized carbons (Fsp3) is 0. The minimum Gasteiger partial charge on any atom is -0.308 e. The van der Waals surface area contributed by atoms with Gasteiger partial charge in [-0.15, -0.1) is 11.3 Å². The normalized spacial score (nSPS) is 15.0. The van der Waals surface area contributed by atoms with E-state index in [0.29, 0.717) is 5.56 Å². The minimum absolute atomic E-state index is 0.0512. The van der Waals surface area contributed by atoms with E-state index >= 15 is 0 Å². The first-order valence-corrected chi connectivity index (χ1v) is 19.7. The highest BCUT2D eigenvalue weighted by Crippen LogP contribution is 2.50. The molecule has 2 nitrogen and oxygen atoms in total. The molecule has 0 aliphatic carbocycles. The van der Waals surface area contributed by atoms with Gasteiger partial charge in [-0.2, -0.15) is 0 Å². The fourth-order valence-corrected chi connectivity index (χ4v) is 11.0. The van der Waals surface area contributed by atoms with Gasteiger partial charge in [-0.25, -0.2) is 0 Å². The summed E-state index contributed by atoms with van der Waals surface area (Å²) in [5.41, 5.74) is 8.45. The van der Waals surface area contributed by atoms with E-state index in [9.17, 15) is 0 Å². The molecular formula is C54H30N2S. The van der Waals surface area contributed by atoms with Crippen molar-refractivity contribution in [2.24, 2.45) is 0 Å². The van der Waals surface area contributed by atoms with Crippen LogP contribution in [0, 0.1) is 0 Å². The highest BCUT2D eigenvalue weighted by molar-refractivity contribution is 7.26. The summed E-state index contributed by atoms with van der Waals surface area (Å²) in [7, 11) is 0. The second kappa shape index (κ2) is 10.8. The van der Waals surface area contributed by atoms with Crippen molar-refractivity contribution in [3.8, 4) is 33.4 Å².